The van der Waals surface area contributed by atoms with Gasteiger partial charge in [-0.2, -0.15) is 5.26 Å². The van der Waals surface area contributed by atoms with Crippen LogP contribution < -0.4 is 15.4 Å². The number of nitrogens with one attached hydrogen (secondary N) is 2. The highest BCUT2D eigenvalue weighted by Crippen LogP contribution is 2.38. The van der Waals surface area contributed by atoms with Gasteiger partial charge in [0, 0.05) is 40.8 Å². The van der Waals surface area contributed by atoms with Gasteiger partial charge in [-0.15, -0.1) is 0 Å². The number of hydrogen-bond acceptors (Lipinski definition) is 3. The van der Waals surface area contributed by atoms with Crippen molar-refractivity contribution in [3.8, 4) is 11.8 Å². The van der Waals surface area contributed by atoms with Gasteiger partial charge in [0.1, 0.15) is 11.8 Å². The summed E-state index contributed by atoms with van der Waals surface area (Å²) in [5.74, 6) is 0.901. The minimum atomic E-state index is -0.148. The number of hydrogen-bond donors (Lipinski definition) is 2. The summed E-state index contributed by atoms with van der Waals surface area (Å²) in [5, 5.41) is 16.8. The van der Waals surface area contributed by atoms with E-state index in [2.05, 4.69) is 48.1 Å². The predicted molar refractivity (Wildman–Crippen MR) is 122 cm³/mol. The molecule has 1 heterocycles. The molecule has 1 aromatic heterocycles. The number of aromatic nitrogens is 1. The summed E-state index contributed by atoms with van der Waals surface area (Å²) < 4.78 is 8.10. The molecule has 2 amide bonds. The highest BCUT2D eigenvalue weighted by Gasteiger charge is 2.26. The molecule has 4 rings (SSSR count). The van der Waals surface area contributed by atoms with Crippen molar-refractivity contribution in [2.75, 3.05) is 6.61 Å². The zero-order valence-corrected chi connectivity index (χ0v) is 18.4. The molecule has 1 saturated carbocycles. The van der Waals surface area contributed by atoms with Crippen LogP contribution in [0.2, 0.25) is 0 Å². The van der Waals surface area contributed by atoms with Crippen molar-refractivity contribution in [1.29, 1.82) is 5.26 Å². The molecule has 2 aliphatic carbocycles. The number of carbonyl (C=O) groups excluding carboxylic acids is 1. The molecular formula is C25H30N4O2. The summed E-state index contributed by atoms with van der Waals surface area (Å²) in [5.41, 5.74) is 3.57. The summed E-state index contributed by atoms with van der Waals surface area (Å²) in [6.07, 6.45) is 9.88. The van der Waals surface area contributed by atoms with E-state index in [0.717, 1.165) is 59.3 Å². The molecule has 0 bridgehead atoms. The van der Waals surface area contributed by atoms with Crippen LogP contribution in [0.25, 0.3) is 10.9 Å². The fourth-order valence-electron chi connectivity index (χ4n) is 4.15. The SMILES string of the molecule is CCCOc1ccc2c(C#N)c(C3C=CC(NC(=O)NC4CC4)=CC3)n(C(C)C)c2c1. The Labute approximate surface area is 183 Å². The lowest BCUT2D eigenvalue weighted by Crippen LogP contribution is -2.36. The first-order valence-corrected chi connectivity index (χ1v) is 11.2. The van der Waals surface area contributed by atoms with Crippen molar-refractivity contribution in [3.05, 3.63) is 53.4 Å². The molecule has 1 atom stereocenters. The van der Waals surface area contributed by atoms with E-state index in [1.807, 2.05) is 30.4 Å². The van der Waals surface area contributed by atoms with Crippen molar-refractivity contribution < 1.29 is 9.53 Å². The summed E-state index contributed by atoms with van der Waals surface area (Å²) >= 11 is 0. The Kier molecular flexibility index (Phi) is 6.03. The van der Waals surface area contributed by atoms with Gasteiger partial charge < -0.3 is 19.9 Å². The van der Waals surface area contributed by atoms with Crippen molar-refractivity contribution in [2.24, 2.45) is 0 Å². The fourth-order valence-corrected chi connectivity index (χ4v) is 4.15. The molecule has 0 spiro atoms. The van der Waals surface area contributed by atoms with E-state index in [1.54, 1.807) is 0 Å². The maximum Gasteiger partial charge on any atom is 0.319 e. The zero-order valence-electron chi connectivity index (χ0n) is 18.4. The molecule has 0 aliphatic heterocycles. The summed E-state index contributed by atoms with van der Waals surface area (Å²) in [4.78, 5) is 12.0. The number of allylic oxidation sites excluding steroid dienone is 3. The Balaban J connectivity index is 1.63. The van der Waals surface area contributed by atoms with Crippen LogP contribution in [0.4, 0.5) is 4.79 Å². The standard InChI is InChI=1S/C25H30N4O2/c1-4-13-31-20-11-12-21-22(15-26)24(29(16(2)3)23(21)14-20)17-5-7-18(8-6-17)27-25(30)28-19-9-10-19/h5,7-8,11-12,14,16-17,19H,4,6,9-10,13H2,1-3H3,(H2,27,28,30). The van der Waals surface area contributed by atoms with Crippen LogP contribution in [-0.2, 0) is 0 Å². The number of ether oxygens (including phenoxy) is 1. The number of urea groups is 1. The first-order chi connectivity index (χ1) is 15.0. The average molecular weight is 419 g/mol. The normalized spacial score (nSPS) is 18.0. The quantitative estimate of drug-likeness (QED) is 0.643. The van der Waals surface area contributed by atoms with Gasteiger partial charge in [0.15, 0.2) is 0 Å². The number of benzene rings is 1. The molecule has 6 heteroatoms. The number of carbonyl (C=O) groups is 1. The minimum Gasteiger partial charge on any atom is -0.494 e. The number of amides is 2. The van der Waals surface area contributed by atoms with Crippen LogP contribution in [0.1, 0.15) is 69.7 Å². The Morgan fingerprint density at radius 1 is 1.35 bits per heavy atom. The smallest absolute Gasteiger partial charge is 0.319 e. The molecule has 0 saturated heterocycles. The van der Waals surface area contributed by atoms with Gasteiger partial charge in [0.2, 0.25) is 0 Å². The third-order valence-electron chi connectivity index (χ3n) is 5.74. The van der Waals surface area contributed by atoms with Crippen LogP contribution in [0.15, 0.2) is 42.1 Å². The maximum absolute atomic E-state index is 12.0. The van der Waals surface area contributed by atoms with Gasteiger partial charge in [-0.05, 0) is 57.7 Å². The third-order valence-corrected chi connectivity index (χ3v) is 5.74. The Morgan fingerprint density at radius 2 is 2.16 bits per heavy atom. The summed E-state index contributed by atoms with van der Waals surface area (Å²) in [6, 6.07) is 8.82. The molecular weight excluding hydrogens is 388 g/mol. The molecule has 2 aliphatic rings. The van der Waals surface area contributed by atoms with Crippen LogP contribution in [0.5, 0.6) is 5.75 Å². The summed E-state index contributed by atoms with van der Waals surface area (Å²) in [6.45, 7) is 7.04. The highest BCUT2D eigenvalue weighted by molar-refractivity contribution is 5.90. The molecule has 2 N–H and O–H groups in total. The van der Waals surface area contributed by atoms with Crippen molar-refractivity contribution in [3.63, 3.8) is 0 Å². The van der Waals surface area contributed by atoms with Crippen molar-refractivity contribution in [2.45, 2.75) is 64.5 Å². The fraction of sp³-hybridized carbons (Fsp3) is 0.440. The van der Waals surface area contributed by atoms with E-state index in [1.165, 1.54) is 0 Å². The largest absolute Gasteiger partial charge is 0.494 e. The van der Waals surface area contributed by atoms with Gasteiger partial charge in [0.05, 0.1) is 17.7 Å². The molecule has 162 valence electrons. The van der Waals surface area contributed by atoms with E-state index in [9.17, 15) is 10.1 Å². The van der Waals surface area contributed by atoms with Crippen LogP contribution in [0.3, 0.4) is 0 Å². The molecule has 1 aromatic carbocycles. The van der Waals surface area contributed by atoms with Gasteiger partial charge >= 0.3 is 6.03 Å². The van der Waals surface area contributed by atoms with E-state index in [0.29, 0.717) is 12.6 Å². The second kappa shape index (κ2) is 8.89. The zero-order chi connectivity index (χ0) is 22.0. The molecule has 6 nitrogen and oxygen atoms in total. The molecule has 1 fully saturated rings. The lowest BCUT2D eigenvalue weighted by molar-refractivity contribution is 0.243. The average Bonchev–Trinajstić information content (AvgIpc) is 3.50. The van der Waals surface area contributed by atoms with Gasteiger partial charge in [-0.3, -0.25) is 0 Å². The Morgan fingerprint density at radius 3 is 2.77 bits per heavy atom. The molecule has 2 aromatic rings. The summed E-state index contributed by atoms with van der Waals surface area (Å²) in [7, 11) is 0. The Hall–Kier alpha value is -3.20. The third kappa shape index (κ3) is 4.46. The second-order valence-corrected chi connectivity index (χ2v) is 8.60. The molecule has 1 unspecified atom stereocenters. The van der Waals surface area contributed by atoms with E-state index >= 15 is 0 Å². The predicted octanol–water partition coefficient (Wildman–Crippen LogP) is 5.27. The van der Waals surface area contributed by atoms with Gasteiger partial charge in [-0.1, -0.05) is 19.1 Å². The van der Waals surface area contributed by atoms with Crippen LogP contribution in [0, 0.1) is 11.3 Å². The van der Waals surface area contributed by atoms with Gasteiger partial charge in [0.25, 0.3) is 0 Å². The highest BCUT2D eigenvalue weighted by atomic mass is 16.5. The lowest BCUT2D eigenvalue weighted by Gasteiger charge is -2.22. The first-order valence-electron chi connectivity index (χ1n) is 11.2. The second-order valence-electron chi connectivity index (χ2n) is 8.60. The number of fused-ring (bicyclic) bond motifs is 1. The molecule has 31 heavy (non-hydrogen) atoms. The first kappa shape index (κ1) is 21.0. The lowest BCUT2D eigenvalue weighted by atomic mass is 9.93. The maximum atomic E-state index is 12.0. The topological polar surface area (TPSA) is 79.1 Å². The van der Waals surface area contributed by atoms with E-state index in [-0.39, 0.29) is 18.0 Å². The van der Waals surface area contributed by atoms with E-state index in [4.69, 9.17) is 4.74 Å². The molecule has 0 radical (unpaired) electrons. The number of nitrogens with zero attached hydrogens (tertiary/aromatic N) is 2. The van der Waals surface area contributed by atoms with Crippen molar-refractivity contribution in [1.82, 2.24) is 15.2 Å². The van der Waals surface area contributed by atoms with Crippen LogP contribution >= 0.6 is 0 Å². The van der Waals surface area contributed by atoms with E-state index < -0.39 is 0 Å². The van der Waals surface area contributed by atoms with Crippen LogP contribution in [-0.4, -0.2) is 23.2 Å². The monoisotopic (exact) mass is 418 g/mol. The number of rotatable bonds is 7. The number of nitriles is 1. The Bertz CT molecular complexity index is 1080. The van der Waals surface area contributed by atoms with Crippen molar-refractivity contribution >= 4 is 16.9 Å². The van der Waals surface area contributed by atoms with Gasteiger partial charge in [-0.25, -0.2) is 4.79 Å². The minimum absolute atomic E-state index is 0.0708.